The van der Waals surface area contributed by atoms with Gasteiger partial charge in [0.05, 0.1) is 18.3 Å². The highest BCUT2D eigenvalue weighted by Crippen LogP contribution is 2.30. The van der Waals surface area contributed by atoms with Crippen molar-refractivity contribution in [2.75, 3.05) is 7.11 Å². The molecule has 0 spiro atoms. The van der Waals surface area contributed by atoms with E-state index in [2.05, 4.69) is 15.3 Å². The van der Waals surface area contributed by atoms with Crippen molar-refractivity contribution in [1.82, 2.24) is 14.9 Å². The van der Waals surface area contributed by atoms with Gasteiger partial charge >= 0.3 is 0 Å². The Morgan fingerprint density at radius 2 is 1.88 bits per heavy atom. The molecule has 4 rings (SSSR count). The number of methoxy groups -OCH3 is 1. The predicted octanol–water partition coefficient (Wildman–Crippen LogP) is 6.38. The van der Waals surface area contributed by atoms with Crippen LogP contribution in [0.4, 0.5) is 0 Å². The zero-order chi connectivity index (χ0) is 22.5. The fourth-order valence-corrected chi connectivity index (χ4v) is 3.66. The molecule has 0 radical (unpaired) electrons. The molecule has 4 aromatic rings. The summed E-state index contributed by atoms with van der Waals surface area (Å²) < 4.78 is 13.2. The quantitative estimate of drug-likeness (QED) is 0.244. The molecule has 0 bridgehead atoms. The number of nitrogens with zero attached hydrogens (tertiary/aromatic N) is 3. The van der Waals surface area contributed by atoms with Gasteiger partial charge in [-0.15, -0.1) is 0 Å². The molecular formula is C23H18Cl2N4O2S. The Morgan fingerprint density at radius 3 is 2.62 bits per heavy atom. The average molecular weight is 485 g/mol. The Morgan fingerprint density at radius 1 is 1.06 bits per heavy atom. The number of aromatic nitrogens is 3. The number of nitrogens with one attached hydrogen (secondary N) is 1. The third kappa shape index (κ3) is 5.02. The lowest BCUT2D eigenvalue weighted by Gasteiger charge is -2.11. The minimum atomic E-state index is 0.330. The molecule has 0 saturated carbocycles. The highest BCUT2D eigenvalue weighted by atomic mass is 35.5. The molecule has 6 nitrogen and oxygen atoms in total. The van der Waals surface area contributed by atoms with Crippen LogP contribution in [0.1, 0.15) is 11.1 Å². The highest BCUT2D eigenvalue weighted by Gasteiger charge is 2.12. The van der Waals surface area contributed by atoms with Crippen LogP contribution in [0.25, 0.3) is 11.4 Å². The Hall–Kier alpha value is -3.13. The molecule has 3 aromatic carbocycles. The van der Waals surface area contributed by atoms with Crippen LogP contribution >= 0.6 is 35.4 Å². The van der Waals surface area contributed by atoms with Crippen molar-refractivity contribution < 1.29 is 9.47 Å². The standard InChI is InChI=1S/C23H18Cl2N4O2S/c1-30-20-10-7-16(11-21(20)31-14-15-5-3-2-4-6-15)13-26-29-22(27-28-23(29)32)18-9-8-17(24)12-19(18)25/h2-13H,14H2,1H3,(H,28,32)/b26-13+. The lowest BCUT2D eigenvalue weighted by Crippen LogP contribution is -1.99. The molecule has 32 heavy (non-hydrogen) atoms. The summed E-state index contributed by atoms with van der Waals surface area (Å²) in [4.78, 5) is 0. The third-order valence-electron chi connectivity index (χ3n) is 4.57. The summed E-state index contributed by atoms with van der Waals surface area (Å²) in [6.07, 6.45) is 1.66. The van der Waals surface area contributed by atoms with E-state index in [1.54, 1.807) is 31.5 Å². The van der Waals surface area contributed by atoms with Crippen LogP contribution in [0.15, 0.2) is 71.8 Å². The van der Waals surface area contributed by atoms with E-state index in [1.807, 2.05) is 48.5 Å². The van der Waals surface area contributed by atoms with E-state index in [-0.39, 0.29) is 0 Å². The molecule has 0 fully saturated rings. The van der Waals surface area contributed by atoms with Gasteiger partial charge in [-0.1, -0.05) is 53.5 Å². The van der Waals surface area contributed by atoms with Crippen LogP contribution in [-0.2, 0) is 6.61 Å². The maximum atomic E-state index is 6.33. The first-order chi connectivity index (χ1) is 15.5. The monoisotopic (exact) mass is 484 g/mol. The molecule has 0 aliphatic carbocycles. The van der Waals surface area contributed by atoms with Gasteiger partial charge in [-0.2, -0.15) is 14.9 Å². The summed E-state index contributed by atoms with van der Waals surface area (Å²) in [5.41, 5.74) is 2.51. The maximum absolute atomic E-state index is 6.33. The molecule has 0 atom stereocenters. The second-order valence-corrected chi connectivity index (χ2v) is 7.95. The first-order valence-electron chi connectivity index (χ1n) is 9.57. The van der Waals surface area contributed by atoms with Crippen LogP contribution in [0.3, 0.4) is 0 Å². The first kappa shape index (κ1) is 22.1. The number of benzene rings is 3. The smallest absolute Gasteiger partial charge is 0.216 e. The zero-order valence-corrected chi connectivity index (χ0v) is 19.3. The van der Waals surface area contributed by atoms with Crippen LogP contribution < -0.4 is 9.47 Å². The second kappa shape index (κ2) is 9.99. The van der Waals surface area contributed by atoms with Gasteiger partial charge in [0.1, 0.15) is 6.61 Å². The van der Waals surface area contributed by atoms with Crippen molar-refractivity contribution in [3.05, 3.63) is 92.7 Å². The fraction of sp³-hybridized carbons (Fsp3) is 0.0870. The molecule has 1 aromatic heterocycles. The van der Waals surface area contributed by atoms with E-state index in [1.165, 1.54) is 4.68 Å². The van der Waals surface area contributed by atoms with E-state index in [0.717, 1.165) is 11.1 Å². The summed E-state index contributed by atoms with van der Waals surface area (Å²) in [7, 11) is 1.60. The molecule has 0 saturated heterocycles. The molecule has 0 aliphatic heterocycles. The van der Waals surface area contributed by atoms with Gasteiger partial charge in [0.15, 0.2) is 17.3 Å². The SMILES string of the molecule is COc1ccc(/C=N/n2c(-c3ccc(Cl)cc3Cl)n[nH]c2=S)cc1OCc1ccccc1. The molecule has 0 amide bonds. The van der Waals surface area contributed by atoms with Gasteiger partial charge in [-0.05, 0) is 59.7 Å². The van der Waals surface area contributed by atoms with Gasteiger partial charge in [0, 0.05) is 10.6 Å². The summed E-state index contributed by atoms with van der Waals surface area (Å²) in [5.74, 6) is 1.71. The summed E-state index contributed by atoms with van der Waals surface area (Å²) in [5, 5.41) is 12.5. The number of ether oxygens (including phenoxy) is 2. The molecule has 9 heteroatoms. The van der Waals surface area contributed by atoms with E-state index < -0.39 is 0 Å². The molecule has 0 unspecified atom stereocenters. The molecule has 0 aliphatic rings. The topological polar surface area (TPSA) is 64.4 Å². The number of halogens is 2. The Kier molecular flexibility index (Phi) is 6.90. The van der Waals surface area contributed by atoms with Gasteiger partial charge in [0.2, 0.25) is 4.77 Å². The first-order valence-corrected chi connectivity index (χ1v) is 10.7. The lowest BCUT2D eigenvalue weighted by molar-refractivity contribution is 0.284. The number of aromatic amines is 1. The van der Waals surface area contributed by atoms with Gasteiger partial charge < -0.3 is 9.47 Å². The zero-order valence-electron chi connectivity index (χ0n) is 17.0. The molecular weight excluding hydrogens is 467 g/mol. The van der Waals surface area contributed by atoms with Crippen LogP contribution in [-0.4, -0.2) is 28.2 Å². The summed E-state index contributed by atoms with van der Waals surface area (Å²) >= 11 is 17.7. The normalized spacial score (nSPS) is 11.1. The van der Waals surface area contributed by atoms with E-state index in [0.29, 0.717) is 44.3 Å². The van der Waals surface area contributed by atoms with Crippen molar-refractivity contribution >= 4 is 41.6 Å². The Labute approximate surface area is 200 Å². The van der Waals surface area contributed by atoms with Crippen LogP contribution in [0.2, 0.25) is 10.0 Å². The fourth-order valence-electron chi connectivity index (χ4n) is 2.99. The Bertz CT molecular complexity index is 1320. The number of hydrogen-bond acceptors (Lipinski definition) is 5. The van der Waals surface area contributed by atoms with Crippen molar-refractivity contribution in [1.29, 1.82) is 0 Å². The average Bonchev–Trinajstić information content (AvgIpc) is 3.17. The Balaban J connectivity index is 1.61. The van der Waals surface area contributed by atoms with Gasteiger partial charge in [-0.3, -0.25) is 0 Å². The van der Waals surface area contributed by atoms with Crippen LogP contribution in [0.5, 0.6) is 11.5 Å². The molecule has 1 N–H and O–H groups in total. The van der Waals surface area contributed by atoms with E-state index >= 15 is 0 Å². The maximum Gasteiger partial charge on any atom is 0.216 e. The third-order valence-corrected chi connectivity index (χ3v) is 5.38. The second-order valence-electron chi connectivity index (χ2n) is 6.72. The number of H-pyrrole nitrogens is 1. The lowest BCUT2D eigenvalue weighted by atomic mass is 10.2. The minimum Gasteiger partial charge on any atom is -0.493 e. The largest absolute Gasteiger partial charge is 0.493 e. The summed E-state index contributed by atoms with van der Waals surface area (Å²) in [6.45, 7) is 0.420. The number of rotatable bonds is 7. The van der Waals surface area contributed by atoms with Crippen molar-refractivity contribution in [3.8, 4) is 22.9 Å². The molecule has 1 heterocycles. The summed E-state index contributed by atoms with van der Waals surface area (Å²) in [6, 6.07) is 20.6. The van der Waals surface area contributed by atoms with E-state index in [9.17, 15) is 0 Å². The van der Waals surface area contributed by atoms with Crippen molar-refractivity contribution in [2.24, 2.45) is 5.10 Å². The predicted molar refractivity (Wildman–Crippen MR) is 130 cm³/mol. The van der Waals surface area contributed by atoms with Gasteiger partial charge in [0.25, 0.3) is 0 Å². The number of hydrogen-bond donors (Lipinski definition) is 1. The van der Waals surface area contributed by atoms with Crippen molar-refractivity contribution in [3.63, 3.8) is 0 Å². The van der Waals surface area contributed by atoms with Gasteiger partial charge in [-0.25, -0.2) is 5.10 Å². The van der Waals surface area contributed by atoms with Crippen LogP contribution in [0, 0.1) is 4.77 Å². The van der Waals surface area contributed by atoms with Crippen molar-refractivity contribution in [2.45, 2.75) is 6.61 Å². The minimum absolute atomic E-state index is 0.330. The highest BCUT2D eigenvalue weighted by molar-refractivity contribution is 7.71. The molecule has 162 valence electrons. The van der Waals surface area contributed by atoms with E-state index in [4.69, 9.17) is 44.9 Å².